The molecule has 1 saturated carbocycles. The molecular formula is C16H25NOS. The highest BCUT2D eigenvalue weighted by atomic mass is 32.2. The van der Waals surface area contributed by atoms with Crippen molar-refractivity contribution in [3.05, 3.63) is 24.3 Å². The molecule has 2 atom stereocenters. The van der Waals surface area contributed by atoms with Crippen LogP contribution in [0.5, 0.6) is 5.75 Å². The fourth-order valence-corrected chi connectivity index (χ4v) is 3.90. The molecule has 0 spiro atoms. The van der Waals surface area contributed by atoms with E-state index in [0.29, 0.717) is 0 Å². The first-order valence-corrected chi connectivity index (χ1v) is 8.32. The minimum Gasteiger partial charge on any atom is -0.497 e. The lowest BCUT2D eigenvalue weighted by Gasteiger charge is -2.20. The van der Waals surface area contributed by atoms with E-state index in [4.69, 9.17) is 4.74 Å². The summed E-state index contributed by atoms with van der Waals surface area (Å²) < 4.78 is 5.18. The van der Waals surface area contributed by atoms with Crippen molar-refractivity contribution in [2.45, 2.75) is 43.5 Å². The molecule has 2 unspecified atom stereocenters. The maximum absolute atomic E-state index is 5.18. The molecule has 0 aliphatic heterocycles. The fourth-order valence-electron chi connectivity index (χ4n) is 2.91. The predicted octanol–water partition coefficient (Wildman–Crippen LogP) is 3.96. The van der Waals surface area contributed by atoms with Crippen LogP contribution >= 0.6 is 11.8 Å². The van der Waals surface area contributed by atoms with Crippen molar-refractivity contribution >= 4 is 11.8 Å². The molecule has 1 aromatic carbocycles. The predicted molar refractivity (Wildman–Crippen MR) is 83.1 cm³/mol. The quantitative estimate of drug-likeness (QED) is 0.763. The van der Waals surface area contributed by atoms with Crippen LogP contribution < -0.4 is 10.1 Å². The monoisotopic (exact) mass is 279 g/mol. The van der Waals surface area contributed by atoms with Crippen LogP contribution in [0.1, 0.15) is 32.6 Å². The van der Waals surface area contributed by atoms with Gasteiger partial charge in [0.25, 0.3) is 0 Å². The number of nitrogens with one attached hydrogen (secondary N) is 1. The molecule has 1 aliphatic rings. The highest BCUT2D eigenvalue weighted by Crippen LogP contribution is 2.31. The molecule has 1 aliphatic carbocycles. The maximum Gasteiger partial charge on any atom is 0.118 e. The Morgan fingerprint density at radius 2 is 2.05 bits per heavy atom. The van der Waals surface area contributed by atoms with Crippen molar-refractivity contribution < 1.29 is 4.74 Å². The van der Waals surface area contributed by atoms with Crippen LogP contribution in [0, 0.1) is 5.92 Å². The summed E-state index contributed by atoms with van der Waals surface area (Å²) in [7, 11) is 1.71. The summed E-state index contributed by atoms with van der Waals surface area (Å²) in [4.78, 5) is 1.35. The first-order valence-electron chi connectivity index (χ1n) is 7.33. The molecule has 1 aromatic rings. The Bertz CT molecular complexity index is 366. The second-order valence-corrected chi connectivity index (χ2v) is 6.34. The zero-order valence-electron chi connectivity index (χ0n) is 12.0. The van der Waals surface area contributed by atoms with Gasteiger partial charge in [-0.2, -0.15) is 0 Å². The molecule has 19 heavy (non-hydrogen) atoms. The van der Waals surface area contributed by atoms with Crippen molar-refractivity contribution in [2.75, 3.05) is 19.4 Å². The van der Waals surface area contributed by atoms with E-state index in [-0.39, 0.29) is 0 Å². The highest BCUT2D eigenvalue weighted by Gasteiger charge is 2.25. The van der Waals surface area contributed by atoms with Crippen LogP contribution in [-0.2, 0) is 0 Å². The minimum absolute atomic E-state index is 0.765. The standard InChI is InChI=1S/C16H25NOS/c1-3-17-16-6-4-5-13(16)11-12-19-15-9-7-14(18-2)8-10-15/h7-10,13,16-17H,3-6,11-12H2,1-2H3. The number of thioether (sulfide) groups is 1. The minimum atomic E-state index is 0.765. The highest BCUT2D eigenvalue weighted by molar-refractivity contribution is 7.99. The number of ether oxygens (including phenoxy) is 1. The Hall–Kier alpha value is -0.670. The van der Waals surface area contributed by atoms with Crippen LogP contribution in [0.2, 0.25) is 0 Å². The molecule has 0 amide bonds. The summed E-state index contributed by atoms with van der Waals surface area (Å²) in [5.41, 5.74) is 0. The second-order valence-electron chi connectivity index (χ2n) is 5.17. The third-order valence-electron chi connectivity index (χ3n) is 3.94. The Morgan fingerprint density at radius 3 is 2.74 bits per heavy atom. The lowest BCUT2D eigenvalue weighted by atomic mass is 10.0. The van der Waals surface area contributed by atoms with Crippen molar-refractivity contribution in [1.29, 1.82) is 0 Å². The normalized spacial score (nSPS) is 22.6. The van der Waals surface area contributed by atoms with E-state index in [1.165, 1.54) is 36.3 Å². The topological polar surface area (TPSA) is 21.3 Å². The molecule has 1 fully saturated rings. The van der Waals surface area contributed by atoms with E-state index in [1.54, 1.807) is 7.11 Å². The Labute approximate surface area is 121 Å². The van der Waals surface area contributed by atoms with Gasteiger partial charge in [0, 0.05) is 10.9 Å². The average Bonchev–Trinajstić information content (AvgIpc) is 2.88. The van der Waals surface area contributed by atoms with Gasteiger partial charge in [-0.3, -0.25) is 0 Å². The number of methoxy groups -OCH3 is 1. The van der Waals surface area contributed by atoms with Gasteiger partial charge in [0.1, 0.15) is 5.75 Å². The van der Waals surface area contributed by atoms with E-state index >= 15 is 0 Å². The summed E-state index contributed by atoms with van der Waals surface area (Å²) in [6.45, 7) is 3.31. The Balaban J connectivity index is 1.73. The van der Waals surface area contributed by atoms with E-state index in [2.05, 4.69) is 24.4 Å². The number of hydrogen-bond acceptors (Lipinski definition) is 3. The SMILES string of the molecule is CCNC1CCCC1CCSc1ccc(OC)cc1. The fraction of sp³-hybridized carbons (Fsp3) is 0.625. The summed E-state index contributed by atoms with van der Waals surface area (Å²) in [5.74, 6) is 3.04. The zero-order chi connectivity index (χ0) is 13.5. The molecule has 0 bridgehead atoms. The zero-order valence-corrected chi connectivity index (χ0v) is 12.8. The largest absolute Gasteiger partial charge is 0.497 e. The van der Waals surface area contributed by atoms with Gasteiger partial charge in [0.2, 0.25) is 0 Å². The van der Waals surface area contributed by atoms with Crippen molar-refractivity contribution in [3.63, 3.8) is 0 Å². The molecule has 2 nitrogen and oxygen atoms in total. The van der Waals surface area contributed by atoms with Gasteiger partial charge in [0.15, 0.2) is 0 Å². The molecule has 0 saturated heterocycles. The number of benzene rings is 1. The summed E-state index contributed by atoms with van der Waals surface area (Å²) >= 11 is 1.96. The van der Waals surface area contributed by atoms with Crippen molar-refractivity contribution in [3.8, 4) is 5.75 Å². The van der Waals surface area contributed by atoms with Crippen LogP contribution in [0.3, 0.4) is 0 Å². The number of hydrogen-bond donors (Lipinski definition) is 1. The lowest BCUT2D eigenvalue weighted by Crippen LogP contribution is -2.32. The Kier molecular flexibility index (Phi) is 6.05. The molecule has 106 valence electrons. The van der Waals surface area contributed by atoms with Gasteiger partial charge in [-0.25, -0.2) is 0 Å². The molecule has 0 aromatic heterocycles. The molecule has 3 heteroatoms. The molecule has 2 rings (SSSR count). The van der Waals surface area contributed by atoms with Gasteiger partial charge >= 0.3 is 0 Å². The van der Waals surface area contributed by atoms with Crippen LogP contribution in [0.25, 0.3) is 0 Å². The molecular weight excluding hydrogens is 254 g/mol. The van der Waals surface area contributed by atoms with E-state index in [0.717, 1.165) is 24.3 Å². The van der Waals surface area contributed by atoms with Crippen molar-refractivity contribution in [2.24, 2.45) is 5.92 Å². The van der Waals surface area contributed by atoms with Gasteiger partial charge < -0.3 is 10.1 Å². The van der Waals surface area contributed by atoms with E-state index in [9.17, 15) is 0 Å². The molecule has 1 N–H and O–H groups in total. The van der Waals surface area contributed by atoms with Crippen LogP contribution in [0.4, 0.5) is 0 Å². The van der Waals surface area contributed by atoms with E-state index < -0.39 is 0 Å². The van der Waals surface area contributed by atoms with Crippen LogP contribution in [-0.4, -0.2) is 25.4 Å². The molecule has 0 radical (unpaired) electrons. The van der Waals surface area contributed by atoms with Crippen LogP contribution in [0.15, 0.2) is 29.2 Å². The van der Waals surface area contributed by atoms with Gasteiger partial charge in [-0.05, 0) is 61.7 Å². The lowest BCUT2D eigenvalue weighted by molar-refractivity contribution is 0.400. The number of rotatable bonds is 7. The second kappa shape index (κ2) is 7.81. The van der Waals surface area contributed by atoms with E-state index in [1.807, 2.05) is 23.9 Å². The third kappa shape index (κ3) is 4.43. The third-order valence-corrected chi connectivity index (χ3v) is 4.99. The first kappa shape index (κ1) is 14.7. The van der Waals surface area contributed by atoms with Gasteiger partial charge in [-0.15, -0.1) is 11.8 Å². The smallest absolute Gasteiger partial charge is 0.118 e. The van der Waals surface area contributed by atoms with Gasteiger partial charge in [-0.1, -0.05) is 13.3 Å². The maximum atomic E-state index is 5.18. The van der Waals surface area contributed by atoms with Crippen molar-refractivity contribution in [1.82, 2.24) is 5.32 Å². The summed E-state index contributed by atoms with van der Waals surface area (Å²) in [6.07, 6.45) is 5.50. The average molecular weight is 279 g/mol. The summed E-state index contributed by atoms with van der Waals surface area (Å²) in [5, 5.41) is 3.63. The summed E-state index contributed by atoms with van der Waals surface area (Å²) in [6, 6.07) is 9.15. The Morgan fingerprint density at radius 1 is 1.26 bits per heavy atom. The molecule has 0 heterocycles. The first-order chi connectivity index (χ1) is 9.33. The van der Waals surface area contributed by atoms with Gasteiger partial charge in [0.05, 0.1) is 7.11 Å².